The molecule has 1 atom stereocenters. The van der Waals surface area contributed by atoms with Crippen LogP contribution in [-0.4, -0.2) is 24.9 Å². The molecule has 0 aromatic heterocycles. The van der Waals surface area contributed by atoms with Crippen LogP contribution in [0.15, 0.2) is 6.07 Å². The standard InChI is InChI=1S/C12H16ClNO3/c1-7(2-3-14)10-11(13)8(15)6-9-12(10)17-5-4-16-9/h6-7,15H,2-5,14H2,1H3. The summed E-state index contributed by atoms with van der Waals surface area (Å²) in [7, 11) is 0. The third-order valence-corrected chi connectivity index (χ3v) is 3.27. The Balaban J connectivity index is 2.50. The van der Waals surface area contributed by atoms with Crippen LogP contribution in [0.5, 0.6) is 17.2 Å². The maximum atomic E-state index is 9.77. The molecule has 1 aromatic carbocycles. The first-order chi connectivity index (χ1) is 8.15. The molecule has 0 bridgehead atoms. The molecule has 94 valence electrons. The highest BCUT2D eigenvalue weighted by molar-refractivity contribution is 6.33. The van der Waals surface area contributed by atoms with Crippen molar-refractivity contribution in [2.75, 3.05) is 19.8 Å². The molecule has 0 spiro atoms. The van der Waals surface area contributed by atoms with E-state index in [0.29, 0.717) is 36.3 Å². The first-order valence-electron chi connectivity index (χ1n) is 5.66. The topological polar surface area (TPSA) is 64.7 Å². The van der Waals surface area contributed by atoms with Gasteiger partial charge in [0.05, 0.1) is 5.02 Å². The van der Waals surface area contributed by atoms with E-state index in [1.54, 1.807) is 0 Å². The van der Waals surface area contributed by atoms with Crippen LogP contribution >= 0.6 is 11.6 Å². The van der Waals surface area contributed by atoms with Crippen LogP contribution in [0.4, 0.5) is 0 Å². The maximum Gasteiger partial charge on any atom is 0.166 e. The summed E-state index contributed by atoms with van der Waals surface area (Å²) in [6.07, 6.45) is 0.777. The molecule has 4 nitrogen and oxygen atoms in total. The number of benzene rings is 1. The lowest BCUT2D eigenvalue weighted by atomic mass is 9.95. The molecule has 1 unspecified atom stereocenters. The molecule has 0 aliphatic carbocycles. The Labute approximate surface area is 105 Å². The highest BCUT2D eigenvalue weighted by atomic mass is 35.5. The van der Waals surface area contributed by atoms with Gasteiger partial charge in [0.15, 0.2) is 11.5 Å². The summed E-state index contributed by atoms with van der Waals surface area (Å²) in [5.41, 5.74) is 6.34. The Bertz CT molecular complexity index is 423. The molecule has 1 heterocycles. The van der Waals surface area contributed by atoms with Gasteiger partial charge in [-0.1, -0.05) is 18.5 Å². The molecule has 0 saturated carbocycles. The van der Waals surface area contributed by atoms with Crippen LogP contribution in [0.25, 0.3) is 0 Å². The molecular formula is C12H16ClNO3. The van der Waals surface area contributed by atoms with Crippen LogP contribution in [0, 0.1) is 0 Å². The minimum Gasteiger partial charge on any atom is -0.506 e. The van der Waals surface area contributed by atoms with Gasteiger partial charge < -0.3 is 20.3 Å². The van der Waals surface area contributed by atoms with Gasteiger partial charge in [-0.05, 0) is 18.9 Å². The number of halogens is 1. The third kappa shape index (κ3) is 2.28. The molecular weight excluding hydrogens is 242 g/mol. The first-order valence-corrected chi connectivity index (χ1v) is 6.04. The predicted molar refractivity (Wildman–Crippen MR) is 66.2 cm³/mol. The van der Waals surface area contributed by atoms with Crippen molar-refractivity contribution >= 4 is 11.6 Å². The number of rotatable bonds is 3. The lowest BCUT2D eigenvalue weighted by molar-refractivity contribution is 0.168. The number of phenolic OH excluding ortho intramolecular Hbond substituents is 1. The summed E-state index contributed by atoms with van der Waals surface area (Å²) < 4.78 is 11.0. The maximum absolute atomic E-state index is 9.77. The summed E-state index contributed by atoms with van der Waals surface area (Å²) in [5.74, 6) is 1.34. The summed E-state index contributed by atoms with van der Waals surface area (Å²) in [4.78, 5) is 0. The van der Waals surface area contributed by atoms with Gasteiger partial charge in [-0.15, -0.1) is 0 Å². The van der Waals surface area contributed by atoms with Gasteiger partial charge in [-0.25, -0.2) is 0 Å². The fraction of sp³-hybridized carbons (Fsp3) is 0.500. The van der Waals surface area contributed by atoms with Crippen LogP contribution in [0.3, 0.4) is 0 Å². The Morgan fingerprint density at radius 2 is 2.18 bits per heavy atom. The second-order valence-corrected chi connectivity index (χ2v) is 4.50. The Morgan fingerprint density at radius 1 is 1.47 bits per heavy atom. The molecule has 1 aliphatic heterocycles. The van der Waals surface area contributed by atoms with Crippen molar-refractivity contribution in [1.29, 1.82) is 0 Å². The van der Waals surface area contributed by atoms with Crippen molar-refractivity contribution in [2.24, 2.45) is 5.73 Å². The van der Waals surface area contributed by atoms with E-state index < -0.39 is 0 Å². The molecule has 0 radical (unpaired) electrons. The van der Waals surface area contributed by atoms with Gasteiger partial charge in [-0.3, -0.25) is 0 Å². The van der Waals surface area contributed by atoms with Crippen LogP contribution in [0.1, 0.15) is 24.8 Å². The summed E-state index contributed by atoms with van der Waals surface area (Å²) in [6.45, 7) is 3.55. The Kier molecular flexibility index (Phi) is 3.64. The Hall–Kier alpha value is -1.13. The van der Waals surface area contributed by atoms with E-state index in [0.717, 1.165) is 12.0 Å². The van der Waals surface area contributed by atoms with E-state index in [-0.39, 0.29) is 11.7 Å². The van der Waals surface area contributed by atoms with Gasteiger partial charge >= 0.3 is 0 Å². The van der Waals surface area contributed by atoms with E-state index in [2.05, 4.69) is 0 Å². The molecule has 0 fully saturated rings. The van der Waals surface area contributed by atoms with Crippen molar-refractivity contribution in [3.63, 3.8) is 0 Å². The van der Waals surface area contributed by atoms with Crippen LogP contribution in [0.2, 0.25) is 5.02 Å². The van der Waals surface area contributed by atoms with E-state index in [9.17, 15) is 5.11 Å². The van der Waals surface area contributed by atoms with Gasteiger partial charge in [0.2, 0.25) is 0 Å². The fourth-order valence-electron chi connectivity index (χ4n) is 2.01. The average Bonchev–Trinajstić information content (AvgIpc) is 2.31. The van der Waals surface area contributed by atoms with Gasteiger partial charge in [0.25, 0.3) is 0 Å². The summed E-state index contributed by atoms with van der Waals surface area (Å²) in [5, 5.41) is 10.1. The molecule has 0 saturated heterocycles. The minimum absolute atomic E-state index is 0.0230. The monoisotopic (exact) mass is 257 g/mol. The summed E-state index contributed by atoms with van der Waals surface area (Å²) in [6, 6.07) is 1.50. The normalized spacial score (nSPS) is 15.7. The van der Waals surface area contributed by atoms with E-state index in [1.807, 2.05) is 6.92 Å². The molecule has 1 aliphatic rings. The predicted octanol–water partition coefficient (Wildman–Crippen LogP) is 2.27. The molecule has 1 aromatic rings. The van der Waals surface area contributed by atoms with E-state index in [1.165, 1.54) is 6.07 Å². The average molecular weight is 258 g/mol. The summed E-state index contributed by atoms with van der Waals surface area (Å²) >= 11 is 6.13. The second kappa shape index (κ2) is 5.02. The third-order valence-electron chi connectivity index (χ3n) is 2.88. The SMILES string of the molecule is CC(CCN)c1c(Cl)c(O)cc2c1OCCO2. The highest BCUT2D eigenvalue weighted by Crippen LogP contribution is 2.47. The fourth-order valence-corrected chi connectivity index (χ4v) is 2.34. The number of nitrogens with two attached hydrogens (primary N) is 1. The number of fused-ring (bicyclic) bond motifs is 1. The lowest BCUT2D eigenvalue weighted by Crippen LogP contribution is -2.18. The number of aromatic hydroxyl groups is 1. The largest absolute Gasteiger partial charge is 0.506 e. The number of hydrogen-bond donors (Lipinski definition) is 2. The number of phenols is 1. The van der Waals surface area contributed by atoms with Crippen molar-refractivity contribution < 1.29 is 14.6 Å². The Morgan fingerprint density at radius 3 is 2.88 bits per heavy atom. The zero-order chi connectivity index (χ0) is 12.4. The van der Waals surface area contributed by atoms with E-state index >= 15 is 0 Å². The van der Waals surface area contributed by atoms with Crippen molar-refractivity contribution in [3.05, 3.63) is 16.7 Å². The van der Waals surface area contributed by atoms with Gasteiger partial charge in [-0.2, -0.15) is 0 Å². The van der Waals surface area contributed by atoms with Gasteiger partial charge in [0.1, 0.15) is 19.0 Å². The van der Waals surface area contributed by atoms with Gasteiger partial charge in [0, 0.05) is 11.6 Å². The smallest absolute Gasteiger partial charge is 0.166 e. The zero-order valence-electron chi connectivity index (χ0n) is 9.70. The molecule has 5 heteroatoms. The number of hydrogen-bond acceptors (Lipinski definition) is 4. The van der Waals surface area contributed by atoms with Crippen LogP contribution in [-0.2, 0) is 0 Å². The first kappa shape index (κ1) is 12.3. The van der Waals surface area contributed by atoms with E-state index in [4.69, 9.17) is 26.8 Å². The second-order valence-electron chi connectivity index (χ2n) is 4.13. The minimum atomic E-state index is 0.0230. The lowest BCUT2D eigenvalue weighted by Gasteiger charge is -2.25. The zero-order valence-corrected chi connectivity index (χ0v) is 10.5. The van der Waals surface area contributed by atoms with Crippen molar-refractivity contribution in [2.45, 2.75) is 19.3 Å². The molecule has 2 rings (SSSR count). The molecule has 0 amide bonds. The van der Waals surface area contributed by atoms with Crippen molar-refractivity contribution in [3.8, 4) is 17.2 Å². The molecule has 3 N–H and O–H groups in total. The highest BCUT2D eigenvalue weighted by Gasteiger charge is 2.25. The van der Waals surface area contributed by atoms with Crippen molar-refractivity contribution in [1.82, 2.24) is 0 Å². The quantitative estimate of drug-likeness (QED) is 0.872. The number of ether oxygens (including phenoxy) is 2. The molecule has 17 heavy (non-hydrogen) atoms. The van der Waals surface area contributed by atoms with Crippen LogP contribution < -0.4 is 15.2 Å².